The van der Waals surface area contributed by atoms with Crippen molar-refractivity contribution in [2.75, 3.05) is 86.8 Å². The van der Waals surface area contributed by atoms with E-state index < -0.39 is 0 Å². The molecule has 0 bridgehead atoms. The smallest absolute Gasteiger partial charge is 0.227 e. The van der Waals surface area contributed by atoms with Gasteiger partial charge in [0.2, 0.25) is 5.95 Å². The zero-order valence-corrected chi connectivity index (χ0v) is 23.0. The molecule has 6 rings (SSSR count). The number of nitrogens with one attached hydrogen (secondary N) is 1. The maximum atomic E-state index is 9.54. The summed E-state index contributed by atoms with van der Waals surface area (Å²) in [5, 5.41) is 23.4. The number of hydrogen-bond donors (Lipinski definition) is 2. The van der Waals surface area contributed by atoms with Gasteiger partial charge < -0.3 is 29.9 Å². The molecule has 40 heavy (non-hydrogen) atoms. The number of anilines is 3. The van der Waals surface area contributed by atoms with Crippen molar-refractivity contribution in [2.24, 2.45) is 0 Å². The zero-order chi connectivity index (χ0) is 27.5. The number of hydrogen-bond acceptors (Lipinski definition) is 11. The van der Waals surface area contributed by atoms with Gasteiger partial charge >= 0.3 is 0 Å². The molecule has 3 fully saturated rings. The molecule has 11 heteroatoms. The van der Waals surface area contributed by atoms with Crippen LogP contribution in [0, 0.1) is 11.3 Å². The number of aliphatic hydroxyl groups is 1. The first kappa shape index (κ1) is 26.7. The number of piperazine rings is 2. The van der Waals surface area contributed by atoms with Crippen molar-refractivity contribution >= 4 is 28.4 Å². The predicted molar refractivity (Wildman–Crippen MR) is 155 cm³/mol. The Hall–Kier alpha value is -3.56. The highest BCUT2D eigenvalue weighted by Crippen LogP contribution is 2.30. The number of rotatable bonds is 6. The number of pyridine rings is 1. The van der Waals surface area contributed by atoms with E-state index >= 15 is 0 Å². The van der Waals surface area contributed by atoms with Crippen LogP contribution in [0.25, 0.3) is 10.9 Å². The summed E-state index contributed by atoms with van der Waals surface area (Å²) in [6.07, 6.45) is 3.79. The molecule has 0 amide bonds. The topological polar surface area (TPSA) is 117 Å². The summed E-state index contributed by atoms with van der Waals surface area (Å²) in [5.74, 6) is 1.69. The van der Waals surface area contributed by atoms with E-state index in [0.29, 0.717) is 12.1 Å². The molecular weight excluding hydrogens is 506 g/mol. The molecule has 2 N–H and O–H groups in total. The van der Waals surface area contributed by atoms with E-state index in [-0.39, 0.29) is 24.9 Å². The first-order valence-electron chi connectivity index (χ1n) is 14.2. The predicted octanol–water partition coefficient (Wildman–Crippen LogP) is 1.08. The van der Waals surface area contributed by atoms with Crippen molar-refractivity contribution in [2.45, 2.75) is 25.2 Å². The Morgan fingerprint density at radius 1 is 1.00 bits per heavy atom. The lowest BCUT2D eigenvalue weighted by Crippen LogP contribution is -2.54. The Bertz CT molecular complexity index is 1360. The van der Waals surface area contributed by atoms with Crippen LogP contribution in [-0.2, 0) is 4.74 Å². The second-order valence-corrected chi connectivity index (χ2v) is 10.9. The first-order valence-corrected chi connectivity index (χ1v) is 14.2. The maximum absolute atomic E-state index is 9.54. The van der Waals surface area contributed by atoms with E-state index in [1.165, 1.54) is 0 Å². The van der Waals surface area contributed by atoms with E-state index in [4.69, 9.17) is 9.72 Å². The normalized spacial score (nSPS) is 24.3. The van der Waals surface area contributed by atoms with Gasteiger partial charge in [0.05, 0.1) is 29.9 Å². The number of aliphatic hydroxyl groups excluding tert-OH is 1. The van der Waals surface area contributed by atoms with Crippen molar-refractivity contribution in [3.8, 4) is 6.07 Å². The Morgan fingerprint density at radius 3 is 2.70 bits per heavy atom. The van der Waals surface area contributed by atoms with Crippen molar-refractivity contribution in [1.29, 1.82) is 5.26 Å². The Kier molecular flexibility index (Phi) is 7.93. The fourth-order valence-corrected chi connectivity index (χ4v) is 6.11. The number of ether oxygens (including phenoxy) is 1. The van der Waals surface area contributed by atoms with E-state index in [1.54, 1.807) is 6.20 Å². The monoisotopic (exact) mass is 543 g/mol. The number of nitrogens with zero attached hydrogens (tertiary/aromatic N) is 8. The van der Waals surface area contributed by atoms with Crippen LogP contribution in [-0.4, -0.2) is 115 Å². The fraction of sp³-hybridized carbons (Fsp3) is 0.517. The third-order valence-electron chi connectivity index (χ3n) is 8.08. The van der Waals surface area contributed by atoms with Crippen LogP contribution in [0.3, 0.4) is 0 Å². The second-order valence-electron chi connectivity index (χ2n) is 10.9. The molecule has 2 aromatic heterocycles. The van der Waals surface area contributed by atoms with Gasteiger partial charge in [-0.05, 0) is 37.3 Å². The van der Waals surface area contributed by atoms with Crippen molar-refractivity contribution < 1.29 is 9.84 Å². The highest BCUT2D eigenvalue weighted by molar-refractivity contribution is 5.95. The van der Waals surface area contributed by atoms with Crippen LogP contribution < -0.4 is 20.0 Å². The molecule has 3 saturated heterocycles. The highest BCUT2D eigenvalue weighted by atomic mass is 16.5. The quantitative estimate of drug-likeness (QED) is 0.465. The summed E-state index contributed by atoms with van der Waals surface area (Å²) in [6.45, 7) is 10.8. The number of benzene rings is 1. The molecule has 3 atom stereocenters. The van der Waals surface area contributed by atoms with Crippen molar-refractivity contribution in [1.82, 2.24) is 25.2 Å². The van der Waals surface area contributed by atoms with Gasteiger partial charge in [0.25, 0.3) is 0 Å². The van der Waals surface area contributed by atoms with Gasteiger partial charge in [-0.3, -0.25) is 9.88 Å². The summed E-state index contributed by atoms with van der Waals surface area (Å²) < 4.78 is 6.40. The lowest BCUT2D eigenvalue weighted by molar-refractivity contribution is -0.0327. The van der Waals surface area contributed by atoms with Crippen LogP contribution in [0.15, 0.2) is 42.7 Å². The molecule has 210 valence electrons. The molecule has 0 saturated carbocycles. The molecule has 0 spiro atoms. The van der Waals surface area contributed by atoms with Gasteiger partial charge in [-0.2, -0.15) is 10.2 Å². The Labute approximate surface area is 235 Å². The lowest BCUT2D eigenvalue weighted by atomic mass is 10.1. The molecule has 5 heterocycles. The minimum atomic E-state index is 0.0532. The molecule has 0 radical (unpaired) electrons. The maximum Gasteiger partial charge on any atom is 0.227 e. The van der Waals surface area contributed by atoms with E-state index in [9.17, 15) is 10.4 Å². The minimum Gasteiger partial charge on any atom is -0.395 e. The second kappa shape index (κ2) is 11.9. The summed E-state index contributed by atoms with van der Waals surface area (Å²) in [7, 11) is 0. The van der Waals surface area contributed by atoms with Gasteiger partial charge in [-0.1, -0.05) is 0 Å². The summed E-state index contributed by atoms with van der Waals surface area (Å²) in [5.41, 5.74) is 2.47. The molecule has 3 aromatic rings. The van der Waals surface area contributed by atoms with E-state index in [0.717, 1.165) is 87.3 Å². The molecule has 1 unspecified atom stereocenters. The Morgan fingerprint density at radius 2 is 1.88 bits per heavy atom. The first-order chi connectivity index (χ1) is 19.6. The molecule has 3 aliphatic rings. The average Bonchev–Trinajstić information content (AvgIpc) is 3.00. The standard InChI is InChI=1S/C29H37N9O2/c1-21-16-38(26-5-4-22(15-30)28-25(26)3-2-7-32-28)19-24(40-21)18-35-11-13-36(14-12-35)27-6-8-33-29(34-27)37-10-9-31-23(17-37)20-39/h2-8,21,23-24,31,39H,9-14,16-20H2,1H3/t21-,23?,24+/m1/s1. The number of fused-ring (bicyclic) bond motifs is 1. The van der Waals surface area contributed by atoms with Crippen LogP contribution in [0.2, 0.25) is 0 Å². The van der Waals surface area contributed by atoms with Crippen molar-refractivity contribution in [3.05, 3.63) is 48.3 Å². The largest absolute Gasteiger partial charge is 0.395 e. The highest BCUT2D eigenvalue weighted by Gasteiger charge is 2.30. The molecule has 0 aliphatic carbocycles. The van der Waals surface area contributed by atoms with E-state index in [1.807, 2.05) is 24.4 Å². The lowest BCUT2D eigenvalue weighted by Gasteiger charge is -2.42. The van der Waals surface area contributed by atoms with Crippen LogP contribution in [0.1, 0.15) is 12.5 Å². The van der Waals surface area contributed by atoms with Crippen molar-refractivity contribution in [3.63, 3.8) is 0 Å². The summed E-state index contributed by atoms with van der Waals surface area (Å²) in [6, 6.07) is 12.2. The fourth-order valence-electron chi connectivity index (χ4n) is 6.11. The minimum absolute atomic E-state index is 0.0532. The molecular formula is C29H37N9O2. The van der Waals surface area contributed by atoms with E-state index in [2.05, 4.69) is 60.0 Å². The van der Waals surface area contributed by atoms with Gasteiger partial charge in [-0.25, -0.2) is 4.98 Å². The third kappa shape index (κ3) is 5.67. The molecule has 11 nitrogen and oxygen atoms in total. The third-order valence-corrected chi connectivity index (χ3v) is 8.08. The number of morpholine rings is 1. The molecule has 3 aliphatic heterocycles. The van der Waals surface area contributed by atoms with Gasteiger partial charge in [0, 0.05) is 95.0 Å². The van der Waals surface area contributed by atoms with Gasteiger partial charge in [-0.15, -0.1) is 0 Å². The average molecular weight is 544 g/mol. The van der Waals surface area contributed by atoms with Gasteiger partial charge in [0.1, 0.15) is 11.9 Å². The Balaban J connectivity index is 1.08. The SMILES string of the molecule is C[C@@H]1CN(c2ccc(C#N)c3ncccc23)C[C@H](CN2CCN(c3ccnc(N4CCNC(CO)C4)n3)CC2)O1. The van der Waals surface area contributed by atoms with Crippen LogP contribution in [0.4, 0.5) is 17.5 Å². The summed E-state index contributed by atoms with van der Waals surface area (Å²) in [4.78, 5) is 23.2. The number of nitriles is 1. The number of aromatic nitrogens is 3. The summed E-state index contributed by atoms with van der Waals surface area (Å²) >= 11 is 0. The van der Waals surface area contributed by atoms with Crippen LogP contribution >= 0.6 is 0 Å². The van der Waals surface area contributed by atoms with Crippen LogP contribution in [0.5, 0.6) is 0 Å². The zero-order valence-electron chi connectivity index (χ0n) is 23.0. The molecule has 1 aromatic carbocycles. The van der Waals surface area contributed by atoms with Gasteiger partial charge in [0.15, 0.2) is 0 Å².